The molecule has 0 atom stereocenters. The maximum absolute atomic E-state index is 12.1. The minimum Gasteiger partial charge on any atom is -0.481 e. The van der Waals surface area contributed by atoms with Gasteiger partial charge >= 0.3 is 18.2 Å². The summed E-state index contributed by atoms with van der Waals surface area (Å²) in [5.41, 5.74) is -2.54. The minimum atomic E-state index is -4.50. The fraction of sp³-hybridized carbons (Fsp3) is 0.818. The van der Waals surface area contributed by atoms with E-state index in [0.29, 0.717) is 4.90 Å². The standard InChI is InChI=1S/C11H19F3N2O3/c1-9(2,7(17)18)10(3,4)15-8(19)16(5)6-11(12,13)14/h6H2,1-5H3,(H,15,19)(H,17,18). The van der Waals surface area contributed by atoms with Crippen LogP contribution in [0.5, 0.6) is 0 Å². The zero-order valence-electron chi connectivity index (χ0n) is 11.6. The number of carbonyl (C=O) groups is 2. The van der Waals surface area contributed by atoms with Gasteiger partial charge in [0.2, 0.25) is 0 Å². The molecule has 112 valence electrons. The zero-order valence-corrected chi connectivity index (χ0v) is 11.6. The number of hydrogen-bond donors (Lipinski definition) is 2. The molecule has 0 aliphatic rings. The zero-order chi connectivity index (χ0) is 15.6. The molecule has 2 N–H and O–H groups in total. The monoisotopic (exact) mass is 284 g/mol. The van der Waals surface area contributed by atoms with Gasteiger partial charge in [-0.1, -0.05) is 0 Å². The third-order valence-electron chi connectivity index (χ3n) is 3.28. The topological polar surface area (TPSA) is 69.6 Å². The van der Waals surface area contributed by atoms with Gasteiger partial charge in [0.25, 0.3) is 0 Å². The van der Waals surface area contributed by atoms with E-state index in [4.69, 9.17) is 5.11 Å². The van der Waals surface area contributed by atoms with E-state index in [9.17, 15) is 22.8 Å². The highest BCUT2D eigenvalue weighted by Gasteiger charge is 2.45. The van der Waals surface area contributed by atoms with Gasteiger partial charge in [-0.15, -0.1) is 0 Å². The van der Waals surface area contributed by atoms with Crippen molar-refractivity contribution >= 4 is 12.0 Å². The van der Waals surface area contributed by atoms with Crippen molar-refractivity contribution in [1.82, 2.24) is 10.2 Å². The molecule has 0 spiro atoms. The first-order valence-electron chi connectivity index (χ1n) is 5.54. The Morgan fingerprint density at radius 3 is 1.89 bits per heavy atom. The summed E-state index contributed by atoms with van der Waals surface area (Å²) in [4.78, 5) is 23.2. The number of hydrogen-bond acceptors (Lipinski definition) is 2. The summed E-state index contributed by atoms with van der Waals surface area (Å²) in [6, 6.07) is -0.975. The molecule has 5 nitrogen and oxygen atoms in total. The van der Waals surface area contributed by atoms with Crippen molar-refractivity contribution in [2.75, 3.05) is 13.6 Å². The van der Waals surface area contributed by atoms with E-state index in [1.807, 2.05) is 0 Å². The largest absolute Gasteiger partial charge is 0.481 e. The molecule has 19 heavy (non-hydrogen) atoms. The number of nitrogens with one attached hydrogen (secondary N) is 1. The molecule has 0 heterocycles. The van der Waals surface area contributed by atoms with E-state index in [2.05, 4.69) is 5.32 Å². The Labute approximate surface area is 109 Å². The predicted octanol–water partition coefficient (Wildman–Crippen LogP) is 2.08. The van der Waals surface area contributed by atoms with Crippen molar-refractivity contribution < 1.29 is 27.9 Å². The maximum atomic E-state index is 12.1. The van der Waals surface area contributed by atoms with Crippen LogP contribution < -0.4 is 5.32 Å². The van der Waals surface area contributed by atoms with E-state index < -0.39 is 35.7 Å². The first-order valence-corrected chi connectivity index (χ1v) is 5.54. The molecule has 0 saturated carbocycles. The molecule has 0 fully saturated rings. The molecule has 8 heteroatoms. The summed E-state index contributed by atoms with van der Waals surface area (Å²) in [6.07, 6.45) is -4.50. The van der Waals surface area contributed by atoms with Crippen LogP contribution in [0, 0.1) is 5.41 Å². The smallest absolute Gasteiger partial charge is 0.406 e. The lowest BCUT2D eigenvalue weighted by Gasteiger charge is -2.39. The molecule has 0 unspecified atom stereocenters. The second-order valence-electron chi connectivity index (χ2n) is 5.46. The van der Waals surface area contributed by atoms with Crippen LogP contribution in [0.25, 0.3) is 0 Å². The van der Waals surface area contributed by atoms with Crippen molar-refractivity contribution in [2.45, 2.75) is 39.4 Å². The molecule has 0 saturated heterocycles. The number of carbonyl (C=O) groups excluding carboxylic acids is 1. The Kier molecular flexibility index (Phi) is 4.85. The minimum absolute atomic E-state index is 0.458. The van der Waals surface area contributed by atoms with Gasteiger partial charge in [0.15, 0.2) is 0 Å². The number of aliphatic carboxylic acids is 1. The van der Waals surface area contributed by atoms with Gasteiger partial charge in [0.05, 0.1) is 11.0 Å². The Morgan fingerprint density at radius 1 is 1.16 bits per heavy atom. The number of urea groups is 1. The van der Waals surface area contributed by atoms with Crippen LogP contribution in [0.2, 0.25) is 0 Å². The highest BCUT2D eigenvalue weighted by atomic mass is 19.4. The highest BCUT2D eigenvalue weighted by Crippen LogP contribution is 2.31. The molecule has 0 aliphatic heterocycles. The average Bonchev–Trinajstić information content (AvgIpc) is 2.13. The average molecular weight is 284 g/mol. The van der Waals surface area contributed by atoms with E-state index >= 15 is 0 Å². The lowest BCUT2D eigenvalue weighted by molar-refractivity contribution is -0.151. The van der Waals surface area contributed by atoms with Gasteiger partial charge in [-0.05, 0) is 27.7 Å². The van der Waals surface area contributed by atoms with E-state index in [0.717, 1.165) is 7.05 Å². The lowest BCUT2D eigenvalue weighted by atomic mass is 9.74. The number of nitrogens with zero attached hydrogens (tertiary/aromatic N) is 1. The first kappa shape index (κ1) is 17.5. The molecule has 2 amide bonds. The Bertz CT molecular complexity index is 365. The Morgan fingerprint density at radius 2 is 1.58 bits per heavy atom. The summed E-state index contributed by atoms with van der Waals surface area (Å²) in [5, 5.41) is 11.4. The molecule has 0 radical (unpaired) electrons. The summed E-state index contributed by atoms with van der Waals surface area (Å²) >= 11 is 0. The van der Waals surface area contributed by atoms with Crippen LogP contribution in [-0.4, -0.2) is 47.3 Å². The van der Waals surface area contributed by atoms with Crippen LogP contribution in [0.4, 0.5) is 18.0 Å². The van der Waals surface area contributed by atoms with Crippen molar-refractivity contribution in [2.24, 2.45) is 5.41 Å². The van der Waals surface area contributed by atoms with Gasteiger partial charge in [-0.2, -0.15) is 13.2 Å². The van der Waals surface area contributed by atoms with Crippen LogP contribution in [-0.2, 0) is 4.79 Å². The predicted molar refractivity (Wildman–Crippen MR) is 62.7 cm³/mol. The SMILES string of the molecule is CN(CC(F)(F)F)C(=O)NC(C)(C)C(C)(C)C(=O)O. The van der Waals surface area contributed by atoms with Crippen molar-refractivity contribution in [3.63, 3.8) is 0 Å². The molecule has 0 aromatic heterocycles. The molecule has 0 aliphatic carbocycles. The molecular formula is C11H19F3N2O3. The second-order valence-corrected chi connectivity index (χ2v) is 5.46. The summed E-state index contributed by atoms with van der Waals surface area (Å²) < 4.78 is 36.4. The number of alkyl halides is 3. The van der Waals surface area contributed by atoms with Gasteiger partial charge in [0, 0.05) is 7.05 Å². The quantitative estimate of drug-likeness (QED) is 0.830. The van der Waals surface area contributed by atoms with Gasteiger partial charge in [-0.3, -0.25) is 4.79 Å². The number of halogens is 3. The third-order valence-corrected chi connectivity index (χ3v) is 3.28. The van der Waals surface area contributed by atoms with E-state index in [1.54, 1.807) is 0 Å². The lowest BCUT2D eigenvalue weighted by Crippen LogP contribution is -2.59. The van der Waals surface area contributed by atoms with Gasteiger partial charge in [-0.25, -0.2) is 4.79 Å². The molecular weight excluding hydrogens is 265 g/mol. The van der Waals surface area contributed by atoms with E-state index in [-0.39, 0.29) is 0 Å². The van der Waals surface area contributed by atoms with Crippen LogP contribution in [0.1, 0.15) is 27.7 Å². The van der Waals surface area contributed by atoms with E-state index in [1.165, 1.54) is 27.7 Å². The van der Waals surface area contributed by atoms with Crippen LogP contribution in [0.3, 0.4) is 0 Å². The third kappa shape index (κ3) is 4.60. The summed E-state index contributed by atoms with van der Waals surface area (Å²) in [6.45, 7) is 4.27. The number of rotatable bonds is 4. The number of carboxylic acids is 1. The molecule has 0 aromatic rings. The van der Waals surface area contributed by atoms with Crippen molar-refractivity contribution in [3.8, 4) is 0 Å². The Balaban J connectivity index is 4.85. The number of carboxylic acid groups (broad SMARTS) is 1. The summed E-state index contributed by atoms with van der Waals surface area (Å²) in [7, 11) is 0.993. The molecule has 0 bridgehead atoms. The molecule has 0 rings (SSSR count). The van der Waals surface area contributed by atoms with Crippen molar-refractivity contribution in [3.05, 3.63) is 0 Å². The fourth-order valence-electron chi connectivity index (χ4n) is 1.13. The van der Waals surface area contributed by atoms with Gasteiger partial charge < -0.3 is 15.3 Å². The van der Waals surface area contributed by atoms with Gasteiger partial charge in [0.1, 0.15) is 6.54 Å². The number of amides is 2. The van der Waals surface area contributed by atoms with Crippen molar-refractivity contribution in [1.29, 1.82) is 0 Å². The fourth-order valence-corrected chi connectivity index (χ4v) is 1.13. The molecule has 0 aromatic carbocycles. The highest BCUT2D eigenvalue weighted by molar-refractivity contribution is 5.79. The maximum Gasteiger partial charge on any atom is 0.406 e. The first-order chi connectivity index (χ1) is 8.21. The Hall–Kier alpha value is -1.47. The van der Waals surface area contributed by atoms with Crippen LogP contribution in [0.15, 0.2) is 0 Å². The normalized spacial score (nSPS) is 13.1. The van der Waals surface area contributed by atoms with Crippen LogP contribution >= 0.6 is 0 Å². The summed E-state index contributed by atoms with van der Waals surface area (Å²) in [5.74, 6) is -1.16. The second kappa shape index (κ2) is 5.26.